The van der Waals surface area contributed by atoms with Crippen molar-refractivity contribution in [1.29, 1.82) is 0 Å². The van der Waals surface area contributed by atoms with Crippen LogP contribution in [0.3, 0.4) is 0 Å². The third kappa shape index (κ3) is 23.6. The fourth-order valence-corrected chi connectivity index (χ4v) is 6.67. The average molecular weight is 508 g/mol. The lowest BCUT2D eigenvalue weighted by molar-refractivity contribution is 0.0708. The molecule has 0 spiro atoms. The minimum atomic E-state index is -2.45. The van der Waals surface area contributed by atoms with Gasteiger partial charge in [0.1, 0.15) is 0 Å². The van der Waals surface area contributed by atoms with Gasteiger partial charge in [0.25, 0.3) is 0 Å². The summed E-state index contributed by atoms with van der Waals surface area (Å²) in [5, 5.41) is 3.58. The molecule has 0 amide bonds. The number of allylic oxidation sites excluding steroid dienone is 2. The topological polar surface area (TPSA) is 39.7 Å². The molecule has 0 aliphatic carbocycles. The SMILES string of the molecule is CCCCCCCC/C=C\CCCCCCCCNCCC[Si](OCC)(OCC)OCC.Cl. The third-order valence-electron chi connectivity index (χ3n) is 5.79. The zero-order chi connectivity index (χ0) is 23.6. The van der Waals surface area contributed by atoms with Gasteiger partial charge in [-0.1, -0.05) is 76.9 Å². The van der Waals surface area contributed by atoms with Crippen LogP contribution in [0.25, 0.3) is 0 Å². The van der Waals surface area contributed by atoms with Crippen molar-refractivity contribution in [1.82, 2.24) is 5.32 Å². The normalized spacial score (nSPS) is 11.9. The maximum absolute atomic E-state index is 5.91. The van der Waals surface area contributed by atoms with Crippen LogP contribution in [0.15, 0.2) is 12.2 Å². The van der Waals surface area contributed by atoms with Gasteiger partial charge in [-0.2, -0.15) is 0 Å². The molecule has 0 unspecified atom stereocenters. The Morgan fingerprint density at radius 2 is 0.970 bits per heavy atom. The summed E-state index contributed by atoms with van der Waals surface area (Å²) in [4.78, 5) is 0. The van der Waals surface area contributed by atoms with Crippen LogP contribution < -0.4 is 5.32 Å². The first-order valence-electron chi connectivity index (χ1n) is 14.0. The van der Waals surface area contributed by atoms with E-state index in [1.54, 1.807) is 0 Å². The lowest BCUT2D eigenvalue weighted by Crippen LogP contribution is -2.46. The van der Waals surface area contributed by atoms with Gasteiger partial charge >= 0.3 is 8.80 Å². The highest BCUT2D eigenvalue weighted by Crippen LogP contribution is 2.18. The second-order valence-corrected chi connectivity index (χ2v) is 11.5. The van der Waals surface area contributed by atoms with Crippen LogP contribution in [0.5, 0.6) is 0 Å². The van der Waals surface area contributed by atoms with Gasteiger partial charge in [-0.15, -0.1) is 12.4 Å². The lowest BCUT2D eigenvalue weighted by atomic mass is 10.1. The Morgan fingerprint density at radius 1 is 0.545 bits per heavy atom. The fraction of sp³-hybridized carbons (Fsp3) is 0.926. The molecule has 6 heteroatoms. The van der Waals surface area contributed by atoms with Gasteiger partial charge in [-0.05, 0) is 72.4 Å². The van der Waals surface area contributed by atoms with Gasteiger partial charge in [-0.25, -0.2) is 0 Å². The number of rotatable bonds is 26. The van der Waals surface area contributed by atoms with Crippen molar-refractivity contribution in [2.45, 2.75) is 130 Å². The Morgan fingerprint density at radius 3 is 1.45 bits per heavy atom. The molecular formula is C27H58ClNO3Si. The Hall–Kier alpha value is 0.0869. The molecule has 0 aliphatic heterocycles. The van der Waals surface area contributed by atoms with E-state index in [1.165, 1.54) is 89.9 Å². The van der Waals surface area contributed by atoms with E-state index in [9.17, 15) is 0 Å². The number of hydrogen-bond donors (Lipinski definition) is 1. The van der Waals surface area contributed by atoms with Gasteiger partial charge in [0, 0.05) is 25.9 Å². The monoisotopic (exact) mass is 507 g/mol. The molecule has 33 heavy (non-hydrogen) atoms. The molecule has 0 radical (unpaired) electrons. The van der Waals surface area contributed by atoms with Crippen molar-refractivity contribution in [2.24, 2.45) is 0 Å². The summed E-state index contributed by atoms with van der Waals surface area (Å²) >= 11 is 0. The number of hydrogen-bond acceptors (Lipinski definition) is 4. The second kappa shape index (κ2) is 28.3. The van der Waals surface area contributed by atoms with Gasteiger partial charge in [0.05, 0.1) is 0 Å². The molecule has 1 N–H and O–H groups in total. The quantitative estimate of drug-likeness (QED) is 0.0723. The molecule has 0 saturated heterocycles. The van der Waals surface area contributed by atoms with E-state index >= 15 is 0 Å². The van der Waals surface area contributed by atoms with E-state index in [-0.39, 0.29) is 12.4 Å². The van der Waals surface area contributed by atoms with E-state index < -0.39 is 8.80 Å². The molecule has 0 bridgehead atoms. The Kier molecular flexibility index (Phi) is 30.3. The van der Waals surface area contributed by atoms with Crippen LogP contribution in [0.1, 0.15) is 124 Å². The molecule has 0 aromatic rings. The maximum atomic E-state index is 5.91. The van der Waals surface area contributed by atoms with E-state index in [2.05, 4.69) is 24.4 Å². The number of halogens is 1. The van der Waals surface area contributed by atoms with Crippen LogP contribution in [-0.2, 0) is 13.3 Å². The molecule has 4 nitrogen and oxygen atoms in total. The average Bonchev–Trinajstić information content (AvgIpc) is 2.78. The van der Waals surface area contributed by atoms with Crippen LogP contribution in [0.2, 0.25) is 6.04 Å². The van der Waals surface area contributed by atoms with Crippen molar-refractivity contribution in [2.75, 3.05) is 32.9 Å². The standard InChI is InChI=1S/C27H57NO3Si.ClH/c1-5-9-10-11-12-13-14-15-16-17-18-19-20-21-22-23-25-28-26-24-27-32(29-6-2,30-7-3)31-8-4;/h15-16,28H,5-14,17-27H2,1-4H3;1H/b16-15-;. The molecule has 0 saturated carbocycles. The van der Waals surface area contributed by atoms with Crippen molar-refractivity contribution in [3.63, 3.8) is 0 Å². The van der Waals surface area contributed by atoms with Crippen LogP contribution >= 0.6 is 12.4 Å². The fourth-order valence-electron chi connectivity index (χ4n) is 4.05. The Balaban J connectivity index is 0. The van der Waals surface area contributed by atoms with Gasteiger partial charge in [0.2, 0.25) is 0 Å². The lowest BCUT2D eigenvalue weighted by Gasteiger charge is -2.28. The molecule has 0 aromatic heterocycles. The van der Waals surface area contributed by atoms with Gasteiger partial charge < -0.3 is 18.6 Å². The Bertz CT molecular complexity index is 383. The summed E-state index contributed by atoms with van der Waals surface area (Å²) in [7, 11) is -2.45. The van der Waals surface area contributed by atoms with Gasteiger partial charge in [0.15, 0.2) is 0 Å². The van der Waals surface area contributed by atoms with Gasteiger partial charge in [-0.3, -0.25) is 0 Å². The first-order chi connectivity index (χ1) is 15.7. The minimum absolute atomic E-state index is 0. The number of unbranched alkanes of at least 4 members (excludes halogenated alkanes) is 12. The molecule has 200 valence electrons. The second-order valence-electron chi connectivity index (χ2n) is 8.77. The highest BCUT2D eigenvalue weighted by Gasteiger charge is 2.39. The number of nitrogens with one attached hydrogen (secondary N) is 1. The summed E-state index contributed by atoms with van der Waals surface area (Å²) in [6.07, 6.45) is 25.0. The van der Waals surface area contributed by atoms with Crippen LogP contribution in [0.4, 0.5) is 0 Å². The van der Waals surface area contributed by atoms with Crippen molar-refractivity contribution in [3.8, 4) is 0 Å². The van der Waals surface area contributed by atoms with E-state index in [1.807, 2.05) is 20.8 Å². The van der Waals surface area contributed by atoms with Crippen molar-refractivity contribution < 1.29 is 13.3 Å². The maximum Gasteiger partial charge on any atom is 0.500 e. The van der Waals surface area contributed by atoms with Crippen LogP contribution in [-0.4, -0.2) is 41.7 Å². The molecule has 0 heterocycles. The van der Waals surface area contributed by atoms with Crippen molar-refractivity contribution in [3.05, 3.63) is 12.2 Å². The summed E-state index contributed by atoms with van der Waals surface area (Å²) in [5.74, 6) is 0. The zero-order valence-corrected chi connectivity index (χ0v) is 24.5. The highest BCUT2D eigenvalue weighted by atomic mass is 35.5. The summed E-state index contributed by atoms with van der Waals surface area (Å²) in [6, 6.07) is 0.906. The summed E-state index contributed by atoms with van der Waals surface area (Å²) in [6.45, 7) is 12.5. The summed E-state index contributed by atoms with van der Waals surface area (Å²) < 4.78 is 17.7. The van der Waals surface area contributed by atoms with E-state index in [0.29, 0.717) is 19.8 Å². The molecule has 0 atom stereocenters. The predicted molar refractivity (Wildman–Crippen MR) is 150 cm³/mol. The zero-order valence-electron chi connectivity index (χ0n) is 22.6. The minimum Gasteiger partial charge on any atom is -0.374 e. The summed E-state index contributed by atoms with van der Waals surface area (Å²) in [5.41, 5.74) is 0. The Labute approximate surface area is 214 Å². The van der Waals surface area contributed by atoms with E-state index in [4.69, 9.17) is 13.3 Å². The highest BCUT2D eigenvalue weighted by molar-refractivity contribution is 6.60. The molecular weight excluding hydrogens is 450 g/mol. The smallest absolute Gasteiger partial charge is 0.374 e. The third-order valence-corrected chi connectivity index (χ3v) is 8.95. The van der Waals surface area contributed by atoms with Crippen LogP contribution in [0, 0.1) is 0 Å². The first kappa shape index (κ1) is 35.2. The molecule has 0 rings (SSSR count). The predicted octanol–water partition coefficient (Wildman–Crippen LogP) is 8.47. The first-order valence-corrected chi connectivity index (χ1v) is 15.9. The van der Waals surface area contributed by atoms with E-state index in [0.717, 1.165) is 25.6 Å². The molecule has 0 aromatic carbocycles. The molecule has 0 fully saturated rings. The molecule has 0 aliphatic rings. The van der Waals surface area contributed by atoms with Crippen molar-refractivity contribution >= 4 is 21.2 Å². The largest absolute Gasteiger partial charge is 0.500 e.